The van der Waals surface area contributed by atoms with Gasteiger partial charge in [0.15, 0.2) is 0 Å². The van der Waals surface area contributed by atoms with Crippen molar-refractivity contribution in [1.29, 1.82) is 0 Å². The lowest BCUT2D eigenvalue weighted by atomic mass is 9.93. The summed E-state index contributed by atoms with van der Waals surface area (Å²) in [5.41, 5.74) is 0.259. The summed E-state index contributed by atoms with van der Waals surface area (Å²) in [6.45, 7) is 4.91. The molecule has 0 fully saturated rings. The predicted molar refractivity (Wildman–Crippen MR) is 146 cm³/mol. The lowest BCUT2D eigenvalue weighted by Crippen LogP contribution is -2.31. The van der Waals surface area contributed by atoms with Gasteiger partial charge >= 0.3 is 0 Å². The van der Waals surface area contributed by atoms with Crippen LogP contribution in [-0.4, -0.2) is 12.3 Å². The van der Waals surface area contributed by atoms with Gasteiger partial charge in [-0.05, 0) is 54.8 Å². The minimum absolute atomic E-state index is 0.259. The van der Waals surface area contributed by atoms with Crippen LogP contribution in [0.15, 0.2) is 121 Å². The molecule has 0 N–H and O–H groups in total. The molecule has 0 aromatic heterocycles. The van der Waals surface area contributed by atoms with Gasteiger partial charge in [0.25, 0.3) is 0 Å². The van der Waals surface area contributed by atoms with Gasteiger partial charge in [-0.2, -0.15) is 0 Å². The summed E-state index contributed by atoms with van der Waals surface area (Å²) < 4.78 is 0. The van der Waals surface area contributed by atoms with Gasteiger partial charge in [-0.3, -0.25) is 0 Å². The summed E-state index contributed by atoms with van der Waals surface area (Å²) >= 11 is 0. The molecule has 4 rings (SSSR count). The first kappa shape index (κ1) is 22.9. The lowest BCUT2D eigenvalue weighted by molar-refractivity contribution is 0.414. The third-order valence-corrected chi connectivity index (χ3v) is 12.0. The molecule has 0 unspecified atom stereocenters. The summed E-state index contributed by atoms with van der Waals surface area (Å²) in [7, 11) is -0.805. The van der Waals surface area contributed by atoms with Gasteiger partial charge in [0.05, 0.1) is 0 Å². The van der Waals surface area contributed by atoms with Crippen LogP contribution in [0.2, 0.25) is 0 Å². The molecule has 4 aromatic carbocycles. The average Bonchev–Trinajstić information content (AvgIpc) is 2.88. The van der Waals surface area contributed by atoms with E-state index in [1.54, 1.807) is 0 Å². The Labute approximate surface area is 196 Å². The van der Waals surface area contributed by atoms with Gasteiger partial charge in [0.1, 0.15) is 0 Å². The van der Waals surface area contributed by atoms with Gasteiger partial charge in [-0.25, -0.2) is 0 Å². The molecule has 0 saturated heterocycles. The van der Waals surface area contributed by atoms with E-state index in [0.717, 1.165) is 0 Å². The van der Waals surface area contributed by atoms with Crippen LogP contribution >= 0.6 is 15.8 Å². The highest BCUT2D eigenvalue weighted by molar-refractivity contribution is 7.74. The molecule has 4 aromatic rings. The van der Waals surface area contributed by atoms with Crippen LogP contribution in [0.25, 0.3) is 0 Å². The number of rotatable bonds is 9. The van der Waals surface area contributed by atoms with Crippen molar-refractivity contribution < 1.29 is 0 Å². The molecule has 0 spiro atoms. The van der Waals surface area contributed by atoms with Crippen LogP contribution in [0.3, 0.4) is 0 Å². The molecule has 0 atom stereocenters. The highest BCUT2D eigenvalue weighted by Gasteiger charge is 2.32. The highest BCUT2D eigenvalue weighted by atomic mass is 31.1. The van der Waals surface area contributed by atoms with Gasteiger partial charge in [-0.1, -0.05) is 142 Å². The van der Waals surface area contributed by atoms with E-state index in [0.29, 0.717) is 0 Å². The maximum Gasteiger partial charge on any atom is -0.0187 e. The maximum atomic E-state index is 2.52. The molecule has 0 radical (unpaired) electrons. The minimum atomic E-state index is -0.403. The average molecular weight is 455 g/mol. The summed E-state index contributed by atoms with van der Waals surface area (Å²) in [4.78, 5) is 0. The van der Waals surface area contributed by atoms with Gasteiger partial charge in [0, 0.05) is 0 Å². The predicted octanol–water partition coefficient (Wildman–Crippen LogP) is 6.67. The monoisotopic (exact) mass is 454 g/mol. The Bertz CT molecular complexity index is 899. The second-order valence-corrected chi connectivity index (χ2v) is 13.1. The van der Waals surface area contributed by atoms with Crippen LogP contribution in [0.1, 0.15) is 20.3 Å². The Morgan fingerprint density at radius 1 is 0.469 bits per heavy atom. The standard InChI is InChI=1S/C30H32P2/c1-3-30(2,24-31(26-16-8-4-9-17-26)27-18-10-5-11-19-27)25-32(28-20-12-6-13-21-28)29-22-14-7-15-23-29/h4-23H,3,24-25H2,1-2H3. The molecule has 0 aliphatic heterocycles. The van der Waals surface area contributed by atoms with E-state index in [9.17, 15) is 0 Å². The van der Waals surface area contributed by atoms with E-state index in [2.05, 4.69) is 135 Å². The van der Waals surface area contributed by atoms with E-state index in [1.165, 1.54) is 40.0 Å². The first-order valence-corrected chi connectivity index (χ1v) is 14.5. The Morgan fingerprint density at radius 3 is 0.938 bits per heavy atom. The van der Waals surface area contributed by atoms with Crippen LogP contribution in [-0.2, 0) is 0 Å². The normalized spacial score (nSPS) is 11.8. The maximum absolute atomic E-state index is 2.52. The first-order valence-electron chi connectivity index (χ1n) is 11.4. The fourth-order valence-corrected chi connectivity index (χ4v) is 9.96. The first-order chi connectivity index (χ1) is 15.7. The minimum Gasteiger partial charge on any atom is -0.0648 e. The molecule has 0 nitrogen and oxygen atoms in total. The largest absolute Gasteiger partial charge is 0.0648 e. The van der Waals surface area contributed by atoms with Crippen LogP contribution < -0.4 is 21.2 Å². The molecule has 0 bridgehead atoms. The Hall–Kier alpha value is -2.26. The van der Waals surface area contributed by atoms with Crippen molar-refractivity contribution in [3.8, 4) is 0 Å². The smallest absolute Gasteiger partial charge is 0.0187 e. The van der Waals surface area contributed by atoms with E-state index in [4.69, 9.17) is 0 Å². The lowest BCUT2D eigenvalue weighted by Gasteiger charge is -2.37. The molecular weight excluding hydrogens is 422 g/mol. The van der Waals surface area contributed by atoms with Gasteiger partial charge in [-0.15, -0.1) is 0 Å². The molecular formula is C30H32P2. The number of hydrogen-bond donors (Lipinski definition) is 0. The zero-order valence-electron chi connectivity index (χ0n) is 19.1. The van der Waals surface area contributed by atoms with Crippen molar-refractivity contribution >= 4 is 37.1 Å². The summed E-state index contributed by atoms with van der Waals surface area (Å²) in [5.74, 6) is 0. The van der Waals surface area contributed by atoms with Crippen molar-refractivity contribution in [2.45, 2.75) is 20.3 Å². The third kappa shape index (κ3) is 5.75. The zero-order valence-corrected chi connectivity index (χ0v) is 20.9. The second-order valence-electron chi connectivity index (χ2n) is 8.68. The van der Waals surface area contributed by atoms with E-state index in [-0.39, 0.29) is 5.41 Å². The van der Waals surface area contributed by atoms with Crippen LogP contribution in [0.5, 0.6) is 0 Å². The quantitative estimate of drug-likeness (QED) is 0.248. The summed E-state index contributed by atoms with van der Waals surface area (Å²) in [6.07, 6.45) is 3.61. The summed E-state index contributed by atoms with van der Waals surface area (Å²) in [5, 5.41) is 5.93. The van der Waals surface area contributed by atoms with Crippen LogP contribution in [0, 0.1) is 5.41 Å². The van der Waals surface area contributed by atoms with Crippen molar-refractivity contribution in [1.82, 2.24) is 0 Å². The molecule has 0 saturated carbocycles. The van der Waals surface area contributed by atoms with E-state index < -0.39 is 15.8 Å². The van der Waals surface area contributed by atoms with Crippen molar-refractivity contribution in [3.63, 3.8) is 0 Å². The second kappa shape index (κ2) is 11.0. The molecule has 2 heteroatoms. The molecule has 32 heavy (non-hydrogen) atoms. The van der Waals surface area contributed by atoms with E-state index in [1.807, 2.05) is 0 Å². The SMILES string of the molecule is CCC(C)(CP(c1ccccc1)c1ccccc1)CP(c1ccccc1)c1ccccc1. The Kier molecular flexibility index (Phi) is 7.91. The Balaban J connectivity index is 1.69. The van der Waals surface area contributed by atoms with Crippen molar-refractivity contribution in [3.05, 3.63) is 121 Å². The fourth-order valence-electron chi connectivity index (χ4n) is 4.13. The molecule has 0 heterocycles. The van der Waals surface area contributed by atoms with Gasteiger partial charge < -0.3 is 0 Å². The third-order valence-electron chi connectivity index (χ3n) is 6.20. The van der Waals surface area contributed by atoms with Gasteiger partial charge in [0.2, 0.25) is 0 Å². The Morgan fingerprint density at radius 2 is 0.719 bits per heavy atom. The summed E-state index contributed by atoms with van der Waals surface area (Å²) in [6, 6.07) is 44.7. The molecule has 162 valence electrons. The van der Waals surface area contributed by atoms with Crippen molar-refractivity contribution in [2.24, 2.45) is 5.41 Å². The van der Waals surface area contributed by atoms with E-state index >= 15 is 0 Å². The van der Waals surface area contributed by atoms with Crippen LogP contribution in [0.4, 0.5) is 0 Å². The highest BCUT2D eigenvalue weighted by Crippen LogP contribution is 2.48. The molecule has 0 aliphatic carbocycles. The zero-order chi connectivity index (χ0) is 22.2. The molecule has 0 amide bonds. The number of hydrogen-bond acceptors (Lipinski definition) is 0. The van der Waals surface area contributed by atoms with Crippen molar-refractivity contribution in [2.75, 3.05) is 12.3 Å². The fraction of sp³-hybridized carbons (Fsp3) is 0.200. The number of benzene rings is 4. The molecule has 0 aliphatic rings. The topological polar surface area (TPSA) is 0 Å².